The number of pyridine rings is 1. The molecule has 1 heterocycles. The Morgan fingerprint density at radius 2 is 2.31 bits per heavy atom. The zero-order chi connectivity index (χ0) is 12.0. The van der Waals surface area contributed by atoms with Crippen LogP contribution in [0.2, 0.25) is 0 Å². The van der Waals surface area contributed by atoms with Crippen LogP contribution in [-0.2, 0) is 4.79 Å². The summed E-state index contributed by atoms with van der Waals surface area (Å²) in [6.45, 7) is 1.92. The fourth-order valence-corrected chi connectivity index (χ4v) is 1.06. The van der Waals surface area contributed by atoms with Crippen molar-refractivity contribution in [3.05, 3.63) is 24.0 Å². The smallest absolute Gasteiger partial charge is 0.358 e. The van der Waals surface area contributed by atoms with E-state index >= 15 is 0 Å². The molecule has 0 atom stereocenters. The van der Waals surface area contributed by atoms with Crippen LogP contribution in [0.1, 0.15) is 17.4 Å². The van der Waals surface area contributed by atoms with Crippen molar-refractivity contribution >= 4 is 11.9 Å². The Bertz CT molecular complexity index is 392. The molecule has 1 amide bonds. The third-order valence-corrected chi connectivity index (χ3v) is 1.71. The molecule has 1 aromatic heterocycles. The molecule has 0 fully saturated rings. The zero-order valence-corrected chi connectivity index (χ0v) is 8.77. The monoisotopic (exact) mass is 224 g/mol. The number of carbonyl (C=O) groups is 2. The van der Waals surface area contributed by atoms with Gasteiger partial charge in [-0.1, -0.05) is 0 Å². The molecule has 6 nitrogen and oxygen atoms in total. The van der Waals surface area contributed by atoms with Gasteiger partial charge < -0.3 is 15.2 Å². The molecule has 6 heteroatoms. The normalized spacial score (nSPS) is 9.56. The molecular formula is C10H12N2O4. The van der Waals surface area contributed by atoms with Crippen LogP contribution in [0.15, 0.2) is 18.3 Å². The van der Waals surface area contributed by atoms with Crippen LogP contribution in [0.25, 0.3) is 0 Å². The highest BCUT2D eigenvalue weighted by molar-refractivity contribution is 5.88. The second-order valence-electron chi connectivity index (χ2n) is 2.99. The van der Waals surface area contributed by atoms with Crippen molar-refractivity contribution in [3.8, 4) is 5.75 Å². The Kier molecular flexibility index (Phi) is 4.26. The van der Waals surface area contributed by atoms with Gasteiger partial charge in [-0.2, -0.15) is 0 Å². The van der Waals surface area contributed by atoms with Crippen molar-refractivity contribution in [2.24, 2.45) is 0 Å². The quantitative estimate of drug-likeness (QED) is 0.702. The van der Waals surface area contributed by atoms with Crippen molar-refractivity contribution in [1.29, 1.82) is 0 Å². The van der Waals surface area contributed by atoms with E-state index in [9.17, 15) is 9.59 Å². The Labute approximate surface area is 92.3 Å². The van der Waals surface area contributed by atoms with Crippen LogP contribution in [0.4, 0.5) is 0 Å². The SMILES string of the molecule is CC(=O)NCCOc1cccnc1C(=O)O. The van der Waals surface area contributed by atoms with Gasteiger partial charge in [0.25, 0.3) is 0 Å². The van der Waals surface area contributed by atoms with Gasteiger partial charge in [0.15, 0.2) is 11.4 Å². The van der Waals surface area contributed by atoms with E-state index < -0.39 is 5.97 Å². The fourth-order valence-electron chi connectivity index (χ4n) is 1.06. The molecule has 0 saturated carbocycles. The van der Waals surface area contributed by atoms with Crippen molar-refractivity contribution in [2.75, 3.05) is 13.2 Å². The first kappa shape index (κ1) is 12.0. The van der Waals surface area contributed by atoms with Gasteiger partial charge in [-0.15, -0.1) is 0 Å². The minimum atomic E-state index is -1.14. The second kappa shape index (κ2) is 5.69. The number of aromatic carboxylic acids is 1. The van der Waals surface area contributed by atoms with E-state index in [0.717, 1.165) is 0 Å². The van der Waals surface area contributed by atoms with Crippen molar-refractivity contribution < 1.29 is 19.4 Å². The number of amides is 1. The highest BCUT2D eigenvalue weighted by atomic mass is 16.5. The molecule has 0 bridgehead atoms. The van der Waals surface area contributed by atoms with Crippen LogP contribution in [-0.4, -0.2) is 35.1 Å². The van der Waals surface area contributed by atoms with Crippen LogP contribution >= 0.6 is 0 Å². The fraction of sp³-hybridized carbons (Fsp3) is 0.300. The topological polar surface area (TPSA) is 88.5 Å². The number of carboxylic acids is 1. The molecule has 0 spiro atoms. The van der Waals surface area contributed by atoms with Gasteiger partial charge in [-0.3, -0.25) is 4.79 Å². The summed E-state index contributed by atoms with van der Waals surface area (Å²) >= 11 is 0. The molecule has 1 rings (SSSR count). The summed E-state index contributed by atoms with van der Waals surface area (Å²) in [5, 5.41) is 11.3. The van der Waals surface area contributed by atoms with Gasteiger partial charge in [0, 0.05) is 13.1 Å². The first-order chi connectivity index (χ1) is 7.61. The minimum absolute atomic E-state index is 0.134. The number of hydrogen-bond donors (Lipinski definition) is 2. The highest BCUT2D eigenvalue weighted by Crippen LogP contribution is 2.14. The van der Waals surface area contributed by atoms with E-state index in [1.807, 2.05) is 0 Å². The average molecular weight is 224 g/mol. The van der Waals surface area contributed by atoms with Crippen LogP contribution in [0, 0.1) is 0 Å². The minimum Gasteiger partial charge on any atom is -0.489 e. The number of nitrogens with zero attached hydrogens (tertiary/aromatic N) is 1. The van der Waals surface area contributed by atoms with Gasteiger partial charge in [0.05, 0.1) is 6.54 Å². The Morgan fingerprint density at radius 1 is 1.56 bits per heavy atom. The summed E-state index contributed by atoms with van der Waals surface area (Å²) in [6.07, 6.45) is 1.38. The summed E-state index contributed by atoms with van der Waals surface area (Å²) in [5.74, 6) is -1.11. The third kappa shape index (κ3) is 3.56. The lowest BCUT2D eigenvalue weighted by Gasteiger charge is -2.07. The van der Waals surface area contributed by atoms with Gasteiger partial charge in [0.1, 0.15) is 6.61 Å². The maximum absolute atomic E-state index is 10.8. The maximum Gasteiger partial charge on any atom is 0.358 e. The van der Waals surface area contributed by atoms with Crippen molar-refractivity contribution in [1.82, 2.24) is 10.3 Å². The lowest BCUT2D eigenvalue weighted by atomic mass is 10.3. The predicted molar refractivity (Wildman–Crippen MR) is 55.4 cm³/mol. The summed E-state index contributed by atoms with van der Waals surface area (Å²) in [7, 11) is 0. The summed E-state index contributed by atoms with van der Waals surface area (Å²) in [6, 6.07) is 3.10. The molecule has 2 N–H and O–H groups in total. The van der Waals surface area contributed by atoms with E-state index in [-0.39, 0.29) is 24.0 Å². The lowest BCUT2D eigenvalue weighted by molar-refractivity contribution is -0.119. The van der Waals surface area contributed by atoms with Crippen LogP contribution < -0.4 is 10.1 Å². The standard InChI is InChI=1S/C10H12N2O4/c1-7(13)11-5-6-16-8-3-2-4-12-9(8)10(14)15/h2-4H,5-6H2,1H3,(H,11,13)(H,14,15). The number of rotatable bonds is 5. The summed E-state index contributed by atoms with van der Waals surface area (Å²) < 4.78 is 5.19. The van der Waals surface area contributed by atoms with E-state index in [4.69, 9.17) is 9.84 Å². The molecule has 1 aromatic rings. The van der Waals surface area contributed by atoms with Crippen LogP contribution in [0.5, 0.6) is 5.75 Å². The molecule has 0 saturated heterocycles. The Hall–Kier alpha value is -2.11. The number of hydrogen-bond acceptors (Lipinski definition) is 4. The van der Waals surface area contributed by atoms with Gasteiger partial charge >= 0.3 is 5.97 Å². The largest absolute Gasteiger partial charge is 0.489 e. The Morgan fingerprint density at radius 3 is 2.94 bits per heavy atom. The van der Waals surface area contributed by atoms with Gasteiger partial charge in [-0.05, 0) is 12.1 Å². The van der Waals surface area contributed by atoms with E-state index in [2.05, 4.69) is 10.3 Å². The number of carboxylic acid groups (broad SMARTS) is 1. The maximum atomic E-state index is 10.8. The second-order valence-corrected chi connectivity index (χ2v) is 2.99. The third-order valence-electron chi connectivity index (χ3n) is 1.71. The summed E-state index contributed by atoms with van der Waals surface area (Å²) in [4.78, 5) is 25.0. The number of carbonyl (C=O) groups excluding carboxylic acids is 1. The molecule has 0 aromatic carbocycles. The molecule has 0 aliphatic carbocycles. The van der Waals surface area contributed by atoms with E-state index in [0.29, 0.717) is 6.54 Å². The van der Waals surface area contributed by atoms with Gasteiger partial charge in [0.2, 0.25) is 5.91 Å². The predicted octanol–water partition coefficient (Wildman–Crippen LogP) is 0.295. The lowest BCUT2D eigenvalue weighted by Crippen LogP contribution is -2.25. The number of nitrogens with one attached hydrogen (secondary N) is 1. The van der Waals surface area contributed by atoms with E-state index in [1.165, 1.54) is 19.2 Å². The van der Waals surface area contributed by atoms with Crippen LogP contribution in [0.3, 0.4) is 0 Å². The van der Waals surface area contributed by atoms with Gasteiger partial charge in [-0.25, -0.2) is 9.78 Å². The molecule has 86 valence electrons. The first-order valence-electron chi connectivity index (χ1n) is 4.67. The highest BCUT2D eigenvalue weighted by Gasteiger charge is 2.11. The molecule has 0 aliphatic heterocycles. The molecule has 0 unspecified atom stereocenters. The molecular weight excluding hydrogens is 212 g/mol. The average Bonchev–Trinajstić information content (AvgIpc) is 2.24. The zero-order valence-electron chi connectivity index (χ0n) is 8.77. The molecule has 0 radical (unpaired) electrons. The Balaban J connectivity index is 2.53. The van der Waals surface area contributed by atoms with E-state index in [1.54, 1.807) is 6.07 Å². The molecule has 0 aliphatic rings. The van der Waals surface area contributed by atoms with Crippen molar-refractivity contribution in [2.45, 2.75) is 6.92 Å². The van der Waals surface area contributed by atoms with Crippen molar-refractivity contribution in [3.63, 3.8) is 0 Å². The number of aromatic nitrogens is 1. The number of ether oxygens (including phenoxy) is 1. The summed E-state index contributed by atoms with van der Waals surface area (Å²) in [5.41, 5.74) is -0.134. The molecule has 16 heavy (non-hydrogen) atoms. The first-order valence-corrected chi connectivity index (χ1v) is 4.67.